The van der Waals surface area contributed by atoms with Crippen LogP contribution < -0.4 is 10.6 Å². The van der Waals surface area contributed by atoms with Gasteiger partial charge in [-0.1, -0.05) is 37.3 Å². The Kier molecular flexibility index (Phi) is 11.4. The van der Waals surface area contributed by atoms with Gasteiger partial charge in [0.05, 0.1) is 12.1 Å². The first-order valence-corrected chi connectivity index (χ1v) is 16.7. The monoisotopic (exact) mass is 551 g/mol. The SMILES string of the molecule is CCC1CC(CCCCSC(=N)NC(=S)NC2C=CC(N3CCC(N4CCCC(O)C4)CC3)=CC2)P1. The van der Waals surface area contributed by atoms with Gasteiger partial charge < -0.3 is 20.6 Å². The molecule has 4 aliphatic rings. The Morgan fingerprint density at radius 3 is 2.72 bits per heavy atom. The van der Waals surface area contributed by atoms with Gasteiger partial charge >= 0.3 is 0 Å². The molecule has 0 aromatic rings. The smallest absolute Gasteiger partial charge is 0.172 e. The highest BCUT2D eigenvalue weighted by Gasteiger charge is 2.29. The number of β-amino-alcohol motifs (C(OH)–C–C–N with tert-alkyl or cyclic N) is 1. The second-order valence-electron chi connectivity index (χ2n) is 10.8. The minimum absolute atomic E-state index is 0.135. The van der Waals surface area contributed by atoms with E-state index in [0.717, 1.165) is 62.5 Å². The van der Waals surface area contributed by atoms with Crippen LogP contribution in [0.25, 0.3) is 0 Å². The number of thiocarbonyl (C=S) groups is 1. The molecule has 0 aromatic carbocycles. The molecular formula is C27H46N5OPS2. The standard InChI is InChI=1S/C27H46N5OPS2/c1-2-24-18-25(34-24)7-3-4-17-36-26(28)30-27(35)29-20-8-10-21(11-9-20)31-15-12-22(13-16-31)32-14-5-6-23(33)19-32/h8,10-11,20,22-25,33-34H,2-7,9,12-19H2,1H3,(H3,28,29,30,35). The highest BCUT2D eigenvalue weighted by molar-refractivity contribution is 8.13. The van der Waals surface area contributed by atoms with E-state index in [1.54, 1.807) is 11.8 Å². The van der Waals surface area contributed by atoms with Gasteiger partial charge in [-0.2, -0.15) is 0 Å². The van der Waals surface area contributed by atoms with Crippen LogP contribution in [-0.4, -0.2) is 86.6 Å². The first kappa shape index (κ1) is 28.4. The summed E-state index contributed by atoms with van der Waals surface area (Å²) in [6.45, 7) is 6.47. The van der Waals surface area contributed by atoms with Gasteiger partial charge in [0, 0.05) is 37.1 Å². The number of piperidine rings is 2. The van der Waals surface area contributed by atoms with E-state index >= 15 is 0 Å². The molecule has 0 spiro atoms. The summed E-state index contributed by atoms with van der Waals surface area (Å²) in [5.41, 5.74) is 3.34. The molecule has 5 unspecified atom stereocenters. The second kappa shape index (κ2) is 14.5. The Balaban J connectivity index is 1.06. The van der Waals surface area contributed by atoms with Crippen LogP contribution in [0.4, 0.5) is 0 Å². The molecule has 0 bridgehead atoms. The number of hydrogen-bond donors (Lipinski definition) is 4. The number of nitrogens with zero attached hydrogens (tertiary/aromatic N) is 2. The molecule has 0 amide bonds. The van der Waals surface area contributed by atoms with Gasteiger partial charge in [-0.05, 0) is 93.9 Å². The summed E-state index contributed by atoms with van der Waals surface area (Å²) in [4.78, 5) is 5.01. The van der Waals surface area contributed by atoms with Gasteiger partial charge in [-0.3, -0.25) is 10.3 Å². The quantitative estimate of drug-likeness (QED) is 0.109. The molecule has 0 aromatic heterocycles. The lowest BCUT2D eigenvalue weighted by atomic mass is 9.97. The second-order valence-corrected chi connectivity index (χ2v) is 14.3. The highest BCUT2D eigenvalue weighted by atomic mass is 32.2. The summed E-state index contributed by atoms with van der Waals surface area (Å²) in [7, 11) is 1.20. The Labute approximate surface area is 229 Å². The van der Waals surface area contributed by atoms with Crippen molar-refractivity contribution in [1.82, 2.24) is 20.4 Å². The van der Waals surface area contributed by atoms with Crippen LogP contribution >= 0.6 is 32.6 Å². The molecule has 5 atom stereocenters. The van der Waals surface area contributed by atoms with Gasteiger partial charge in [0.15, 0.2) is 10.3 Å². The Bertz CT molecular complexity index is 795. The Morgan fingerprint density at radius 1 is 1.22 bits per heavy atom. The topological polar surface area (TPSA) is 74.6 Å². The largest absolute Gasteiger partial charge is 0.392 e. The van der Waals surface area contributed by atoms with Crippen LogP contribution in [0.2, 0.25) is 0 Å². The summed E-state index contributed by atoms with van der Waals surface area (Å²) in [6.07, 6.45) is 18.6. The van der Waals surface area contributed by atoms with Crippen molar-refractivity contribution in [1.29, 1.82) is 5.41 Å². The molecule has 0 saturated carbocycles. The summed E-state index contributed by atoms with van der Waals surface area (Å²) >= 11 is 7.04. The average molecular weight is 552 g/mol. The fourth-order valence-corrected chi connectivity index (χ4v) is 8.62. The molecular weight excluding hydrogens is 505 g/mol. The molecule has 4 N–H and O–H groups in total. The zero-order valence-corrected chi connectivity index (χ0v) is 24.5. The third-order valence-corrected chi connectivity index (χ3v) is 11.3. The molecule has 3 heterocycles. The fourth-order valence-electron chi connectivity index (χ4n) is 5.90. The third-order valence-electron chi connectivity index (χ3n) is 8.12. The number of likely N-dealkylation sites (tertiary alicyclic amines) is 2. The molecule has 1 aliphatic carbocycles. The summed E-state index contributed by atoms with van der Waals surface area (Å²) in [5.74, 6) is 0.992. The van der Waals surface area contributed by atoms with Gasteiger partial charge in [-0.15, -0.1) is 8.58 Å². The van der Waals surface area contributed by atoms with Crippen molar-refractivity contribution in [3.05, 3.63) is 23.9 Å². The van der Waals surface area contributed by atoms with E-state index in [9.17, 15) is 5.11 Å². The molecule has 0 radical (unpaired) electrons. The van der Waals surface area contributed by atoms with Gasteiger partial charge in [0.2, 0.25) is 0 Å². The van der Waals surface area contributed by atoms with E-state index in [2.05, 4.69) is 45.6 Å². The van der Waals surface area contributed by atoms with Crippen molar-refractivity contribution in [2.75, 3.05) is 31.9 Å². The number of aliphatic hydroxyl groups excluding tert-OH is 1. The number of hydrogen-bond acceptors (Lipinski definition) is 6. The number of unbranched alkanes of at least 4 members (excludes halogenated alkanes) is 1. The van der Waals surface area contributed by atoms with Crippen LogP contribution in [0.5, 0.6) is 0 Å². The normalized spacial score (nSPS) is 30.1. The number of rotatable bonds is 9. The van der Waals surface area contributed by atoms with Crippen molar-refractivity contribution in [3.63, 3.8) is 0 Å². The number of thioether (sulfide) groups is 1. The van der Waals surface area contributed by atoms with Crippen molar-refractivity contribution >= 4 is 42.8 Å². The van der Waals surface area contributed by atoms with Crippen molar-refractivity contribution in [2.45, 2.75) is 101 Å². The van der Waals surface area contributed by atoms with E-state index < -0.39 is 0 Å². The maximum absolute atomic E-state index is 10.00. The Hall–Kier alpha value is -0.660. The predicted molar refractivity (Wildman–Crippen MR) is 161 cm³/mol. The van der Waals surface area contributed by atoms with Crippen molar-refractivity contribution in [2.24, 2.45) is 0 Å². The predicted octanol–water partition coefficient (Wildman–Crippen LogP) is 4.65. The Morgan fingerprint density at radius 2 is 2.03 bits per heavy atom. The molecule has 3 fully saturated rings. The summed E-state index contributed by atoms with van der Waals surface area (Å²) in [6, 6.07) is 0.793. The zero-order chi connectivity index (χ0) is 25.3. The minimum Gasteiger partial charge on any atom is -0.392 e. The molecule has 3 aliphatic heterocycles. The number of aliphatic hydroxyl groups is 1. The molecule has 36 heavy (non-hydrogen) atoms. The number of allylic oxidation sites excluding steroid dienone is 1. The third kappa shape index (κ3) is 8.69. The first-order valence-electron chi connectivity index (χ1n) is 14.1. The van der Waals surface area contributed by atoms with E-state index in [1.807, 2.05) is 0 Å². The number of amidine groups is 1. The van der Waals surface area contributed by atoms with Gasteiger partial charge in [0.25, 0.3) is 0 Å². The average Bonchev–Trinajstić information content (AvgIpc) is 2.85. The minimum atomic E-state index is -0.135. The molecule has 202 valence electrons. The van der Waals surface area contributed by atoms with E-state index in [-0.39, 0.29) is 12.1 Å². The van der Waals surface area contributed by atoms with Crippen molar-refractivity contribution in [3.8, 4) is 0 Å². The summed E-state index contributed by atoms with van der Waals surface area (Å²) in [5, 5.41) is 25.6. The van der Waals surface area contributed by atoms with E-state index in [0.29, 0.717) is 16.3 Å². The van der Waals surface area contributed by atoms with Crippen LogP contribution in [0.15, 0.2) is 23.9 Å². The van der Waals surface area contributed by atoms with E-state index in [4.69, 9.17) is 17.6 Å². The fraction of sp³-hybridized carbons (Fsp3) is 0.778. The lowest BCUT2D eigenvalue weighted by Crippen LogP contribution is -2.49. The molecule has 3 saturated heterocycles. The first-order chi connectivity index (χ1) is 17.5. The van der Waals surface area contributed by atoms with Crippen molar-refractivity contribution < 1.29 is 5.11 Å². The molecule has 6 nitrogen and oxygen atoms in total. The van der Waals surface area contributed by atoms with Gasteiger partial charge in [-0.25, -0.2) is 0 Å². The van der Waals surface area contributed by atoms with Gasteiger partial charge in [0.1, 0.15) is 0 Å². The zero-order valence-electron chi connectivity index (χ0n) is 21.9. The number of nitrogens with one attached hydrogen (secondary N) is 3. The van der Waals surface area contributed by atoms with Crippen LogP contribution in [-0.2, 0) is 0 Å². The lowest BCUT2D eigenvalue weighted by Gasteiger charge is -2.42. The molecule has 9 heteroatoms. The van der Waals surface area contributed by atoms with Crippen LogP contribution in [0, 0.1) is 5.41 Å². The maximum Gasteiger partial charge on any atom is 0.172 e. The maximum atomic E-state index is 10.00. The lowest BCUT2D eigenvalue weighted by molar-refractivity contribution is 0.0292. The highest BCUT2D eigenvalue weighted by Crippen LogP contribution is 2.47. The van der Waals surface area contributed by atoms with Crippen LogP contribution in [0.3, 0.4) is 0 Å². The molecule has 4 rings (SSSR count). The van der Waals surface area contributed by atoms with Crippen LogP contribution in [0.1, 0.15) is 71.1 Å². The van der Waals surface area contributed by atoms with E-state index in [1.165, 1.54) is 59.2 Å². The summed E-state index contributed by atoms with van der Waals surface area (Å²) < 4.78 is 0.